The molecule has 1 heterocycles. The standard InChI is InChI=1S/C14H19N3O3/c1-10-5-3-6-11(16-10)9-20-17-13(19)14(7-4-8-14)12(18)15-2/h3,5-6H,4,7-9H2,1-2H3,(H,15,18)(H,17,19). The summed E-state index contributed by atoms with van der Waals surface area (Å²) in [5.41, 5.74) is 3.02. The van der Waals surface area contributed by atoms with Gasteiger partial charge in [0.05, 0.1) is 5.69 Å². The molecule has 0 radical (unpaired) electrons. The van der Waals surface area contributed by atoms with Gasteiger partial charge in [0, 0.05) is 12.7 Å². The molecule has 0 aliphatic heterocycles. The Bertz CT molecular complexity index is 512. The van der Waals surface area contributed by atoms with Crippen LogP contribution >= 0.6 is 0 Å². The Morgan fingerprint density at radius 1 is 1.35 bits per heavy atom. The zero-order valence-electron chi connectivity index (χ0n) is 11.7. The molecule has 0 saturated heterocycles. The van der Waals surface area contributed by atoms with Gasteiger partial charge in [-0.1, -0.05) is 12.5 Å². The lowest BCUT2D eigenvalue weighted by Gasteiger charge is -2.37. The number of nitrogens with one attached hydrogen (secondary N) is 2. The van der Waals surface area contributed by atoms with Gasteiger partial charge < -0.3 is 5.32 Å². The predicted octanol–water partition coefficient (Wildman–Crippen LogP) is 0.854. The van der Waals surface area contributed by atoms with Crippen molar-refractivity contribution in [2.24, 2.45) is 5.41 Å². The summed E-state index contributed by atoms with van der Waals surface area (Å²) in [7, 11) is 1.53. The van der Waals surface area contributed by atoms with Crippen molar-refractivity contribution in [1.29, 1.82) is 0 Å². The van der Waals surface area contributed by atoms with Gasteiger partial charge in [0.15, 0.2) is 0 Å². The largest absolute Gasteiger partial charge is 0.358 e. The van der Waals surface area contributed by atoms with Gasteiger partial charge >= 0.3 is 0 Å². The Labute approximate surface area is 117 Å². The molecule has 1 aliphatic rings. The third-order valence-electron chi connectivity index (χ3n) is 3.63. The first-order valence-electron chi connectivity index (χ1n) is 6.65. The molecule has 6 nitrogen and oxygen atoms in total. The van der Waals surface area contributed by atoms with E-state index < -0.39 is 5.41 Å². The summed E-state index contributed by atoms with van der Waals surface area (Å²) >= 11 is 0. The smallest absolute Gasteiger partial charge is 0.259 e. The monoisotopic (exact) mass is 277 g/mol. The minimum atomic E-state index is -0.964. The molecule has 1 aromatic heterocycles. The summed E-state index contributed by atoms with van der Waals surface area (Å²) in [6, 6.07) is 5.58. The van der Waals surface area contributed by atoms with Gasteiger partial charge in [-0.3, -0.25) is 19.4 Å². The van der Waals surface area contributed by atoms with Crippen molar-refractivity contribution < 1.29 is 14.4 Å². The van der Waals surface area contributed by atoms with Crippen molar-refractivity contribution in [3.8, 4) is 0 Å². The fourth-order valence-electron chi connectivity index (χ4n) is 2.28. The molecule has 1 saturated carbocycles. The summed E-state index contributed by atoms with van der Waals surface area (Å²) in [6.07, 6.45) is 2.00. The van der Waals surface area contributed by atoms with Crippen molar-refractivity contribution in [3.63, 3.8) is 0 Å². The van der Waals surface area contributed by atoms with Crippen molar-refractivity contribution in [1.82, 2.24) is 15.8 Å². The zero-order valence-corrected chi connectivity index (χ0v) is 11.7. The van der Waals surface area contributed by atoms with Crippen molar-refractivity contribution in [3.05, 3.63) is 29.6 Å². The summed E-state index contributed by atoms with van der Waals surface area (Å²) < 4.78 is 0. The average Bonchev–Trinajstić information content (AvgIpc) is 2.37. The lowest BCUT2D eigenvalue weighted by Crippen LogP contribution is -2.54. The van der Waals surface area contributed by atoms with E-state index in [1.807, 2.05) is 25.1 Å². The minimum Gasteiger partial charge on any atom is -0.358 e. The van der Waals surface area contributed by atoms with E-state index in [4.69, 9.17) is 4.84 Å². The van der Waals surface area contributed by atoms with Crippen molar-refractivity contribution >= 4 is 11.8 Å². The van der Waals surface area contributed by atoms with Crippen LogP contribution in [-0.4, -0.2) is 23.8 Å². The van der Waals surface area contributed by atoms with Crippen LogP contribution in [0.1, 0.15) is 30.7 Å². The third kappa shape index (κ3) is 2.80. The second-order valence-corrected chi connectivity index (χ2v) is 5.00. The molecule has 0 aromatic carbocycles. The van der Waals surface area contributed by atoms with E-state index in [0.29, 0.717) is 12.8 Å². The molecule has 20 heavy (non-hydrogen) atoms. The first-order chi connectivity index (χ1) is 9.58. The molecule has 1 aromatic rings. The highest BCUT2D eigenvalue weighted by Crippen LogP contribution is 2.41. The van der Waals surface area contributed by atoms with Crippen molar-refractivity contribution in [2.75, 3.05) is 7.05 Å². The predicted molar refractivity (Wildman–Crippen MR) is 72.3 cm³/mol. The highest BCUT2D eigenvalue weighted by Gasteiger charge is 2.50. The van der Waals surface area contributed by atoms with Crippen LogP contribution in [0.2, 0.25) is 0 Å². The number of carbonyl (C=O) groups is 2. The first-order valence-corrected chi connectivity index (χ1v) is 6.65. The van der Waals surface area contributed by atoms with Gasteiger partial charge in [0.25, 0.3) is 5.91 Å². The number of hydrogen-bond acceptors (Lipinski definition) is 4. The zero-order chi connectivity index (χ0) is 14.6. The van der Waals surface area contributed by atoms with E-state index in [-0.39, 0.29) is 18.4 Å². The summed E-state index contributed by atoms with van der Waals surface area (Å²) in [6.45, 7) is 2.06. The van der Waals surface area contributed by atoms with Crippen LogP contribution in [0.25, 0.3) is 0 Å². The molecule has 2 amide bonds. The second-order valence-electron chi connectivity index (χ2n) is 5.00. The fraction of sp³-hybridized carbons (Fsp3) is 0.500. The number of aromatic nitrogens is 1. The average molecular weight is 277 g/mol. The van der Waals surface area contributed by atoms with Gasteiger partial charge in [0.2, 0.25) is 5.91 Å². The Morgan fingerprint density at radius 3 is 2.65 bits per heavy atom. The van der Waals surface area contributed by atoms with E-state index in [0.717, 1.165) is 17.8 Å². The van der Waals surface area contributed by atoms with E-state index in [9.17, 15) is 9.59 Å². The molecule has 0 spiro atoms. The summed E-state index contributed by atoms with van der Waals surface area (Å²) in [5, 5.41) is 2.54. The van der Waals surface area contributed by atoms with Gasteiger partial charge in [-0.05, 0) is 31.9 Å². The van der Waals surface area contributed by atoms with Crippen LogP contribution in [0.5, 0.6) is 0 Å². The Kier molecular flexibility index (Phi) is 4.34. The van der Waals surface area contributed by atoms with Crippen LogP contribution in [0.4, 0.5) is 0 Å². The van der Waals surface area contributed by atoms with Crippen molar-refractivity contribution in [2.45, 2.75) is 32.8 Å². The molecule has 0 atom stereocenters. The maximum absolute atomic E-state index is 12.1. The first kappa shape index (κ1) is 14.5. The SMILES string of the molecule is CNC(=O)C1(C(=O)NOCc2cccc(C)n2)CCC1. The van der Waals surface area contributed by atoms with Gasteiger partial charge in [-0.15, -0.1) is 0 Å². The number of pyridine rings is 1. The number of aryl methyl sites for hydroxylation is 1. The van der Waals surface area contributed by atoms with E-state index in [1.165, 1.54) is 7.05 Å². The normalized spacial score (nSPS) is 16.1. The van der Waals surface area contributed by atoms with Gasteiger partial charge in [0.1, 0.15) is 12.0 Å². The van der Waals surface area contributed by atoms with Crippen LogP contribution in [0.15, 0.2) is 18.2 Å². The van der Waals surface area contributed by atoms with E-state index >= 15 is 0 Å². The number of nitrogens with zero attached hydrogens (tertiary/aromatic N) is 1. The number of hydrogen-bond donors (Lipinski definition) is 2. The van der Waals surface area contributed by atoms with Crippen LogP contribution in [-0.2, 0) is 21.0 Å². The molecule has 6 heteroatoms. The molecular weight excluding hydrogens is 258 g/mol. The number of carbonyl (C=O) groups excluding carboxylic acids is 2. The van der Waals surface area contributed by atoms with Gasteiger partial charge in [-0.2, -0.15) is 0 Å². The quantitative estimate of drug-likeness (QED) is 0.618. The Hall–Kier alpha value is -1.95. The molecule has 2 rings (SSSR count). The fourth-order valence-corrected chi connectivity index (χ4v) is 2.28. The minimum absolute atomic E-state index is 0.178. The maximum atomic E-state index is 12.1. The number of rotatable bonds is 5. The maximum Gasteiger partial charge on any atom is 0.259 e. The highest BCUT2D eigenvalue weighted by molar-refractivity contribution is 6.05. The molecule has 2 N–H and O–H groups in total. The molecule has 1 fully saturated rings. The summed E-state index contributed by atoms with van der Waals surface area (Å²) in [4.78, 5) is 33.3. The molecule has 0 bridgehead atoms. The van der Waals surface area contributed by atoms with Crippen LogP contribution in [0, 0.1) is 12.3 Å². The molecule has 0 unspecified atom stereocenters. The lowest BCUT2D eigenvalue weighted by atomic mass is 9.67. The summed E-state index contributed by atoms with van der Waals surface area (Å²) in [5.74, 6) is -0.630. The second kappa shape index (κ2) is 6.00. The topological polar surface area (TPSA) is 80.3 Å². The van der Waals surface area contributed by atoms with Crippen LogP contribution < -0.4 is 10.8 Å². The highest BCUT2D eigenvalue weighted by atomic mass is 16.7. The van der Waals surface area contributed by atoms with Crippen LogP contribution in [0.3, 0.4) is 0 Å². The number of amides is 2. The molecule has 108 valence electrons. The van der Waals surface area contributed by atoms with E-state index in [2.05, 4.69) is 15.8 Å². The molecule has 1 aliphatic carbocycles. The molecular formula is C14H19N3O3. The Morgan fingerprint density at radius 2 is 2.10 bits per heavy atom. The number of hydroxylamine groups is 1. The van der Waals surface area contributed by atoms with Gasteiger partial charge in [-0.25, -0.2) is 5.48 Å². The third-order valence-corrected chi connectivity index (χ3v) is 3.63. The van der Waals surface area contributed by atoms with E-state index in [1.54, 1.807) is 0 Å². The lowest BCUT2D eigenvalue weighted by molar-refractivity contribution is -0.158. The Balaban J connectivity index is 1.87.